The Bertz CT molecular complexity index is 1030. The maximum Gasteiger partial charge on any atom is 0.258 e. The van der Waals surface area contributed by atoms with Crippen molar-refractivity contribution in [2.75, 3.05) is 11.4 Å². The Morgan fingerprint density at radius 2 is 2.14 bits per heavy atom. The van der Waals surface area contributed by atoms with Crippen LogP contribution < -0.4 is 9.64 Å². The number of hydrogen-bond acceptors (Lipinski definition) is 4. The summed E-state index contributed by atoms with van der Waals surface area (Å²) >= 11 is 1.55. The molecule has 0 aliphatic carbocycles. The van der Waals surface area contributed by atoms with Crippen molar-refractivity contribution in [2.24, 2.45) is 0 Å². The first-order valence-electron chi connectivity index (χ1n) is 8.95. The Morgan fingerprint density at radius 1 is 1.29 bits per heavy atom. The molecular formula is C21H18F2N2O2S. The number of carbonyl (C=O) groups is 1. The lowest BCUT2D eigenvalue weighted by atomic mass is 10.00. The van der Waals surface area contributed by atoms with Crippen molar-refractivity contribution in [1.29, 1.82) is 0 Å². The van der Waals surface area contributed by atoms with Gasteiger partial charge in [0.05, 0.1) is 16.4 Å². The molecular weight excluding hydrogens is 382 g/mol. The number of aromatic nitrogens is 1. The van der Waals surface area contributed by atoms with Crippen LogP contribution in [0, 0.1) is 18.6 Å². The number of benzene rings is 2. The van der Waals surface area contributed by atoms with Gasteiger partial charge in [0.25, 0.3) is 5.91 Å². The lowest BCUT2D eigenvalue weighted by Gasteiger charge is -2.30. The summed E-state index contributed by atoms with van der Waals surface area (Å²) in [6.07, 6.45) is 1.20. The molecule has 0 radical (unpaired) electrons. The van der Waals surface area contributed by atoms with Crippen LogP contribution in [0.3, 0.4) is 0 Å². The van der Waals surface area contributed by atoms with E-state index in [1.165, 1.54) is 11.0 Å². The number of halogens is 2. The Balaban J connectivity index is 1.56. The van der Waals surface area contributed by atoms with E-state index in [0.29, 0.717) is 42.9 Å². The van der Waals surface area contributed by atoms with Gasteiger partial charge in [-0.2, -0.15) is 0 Å². The van der Waals surface area contributed by atoms with Gasteiger partial charge >= 0.3 is 0 Å². The van der Waals surface area contributed by atoms with Crippen molar-refractivity contribution in [2.45, 2.75) is 26.4 Å². The third-order valence-electron chi connectivity index (χ3n) is 4.58. The fraction of sp³-hybridized carbons (Fsp3) is 0.238. The molecule has 7 heteroatoms. The van der Waals surface area contributed by atoms with Crippen molar-refractivity contribution in [3.05, 3.63) is 75.2 Å². The molecule has 4 nitrogen and oxygen atoms in total. The topological polar surface area (TPSA) is 42.4 Å². The molecule has 0 saturated heterocycles. The molecule has 144 valence electrons. The quantitative estimate of drug-likeness (QED) is 0.625. The second-order valence-corrected chi connectivity index (χ2v) is 7.69. The van der Waals surface area contributed by atoms with E-state index in [4.69, 9.17) is 4.74 Å². The number of rotatable bonds is 4. The van der Waals surface area contributed by atoms with Crippen LogP contribution >= 0.6 is 11.3 Å². The number of amides is 1. The molecule has 0 saturated carbocycles. The first-order chi connectivity index (χ1) is 13.5. The van der Waals surface area contributed by atoms with Crippen LogP contribution in [0.4, 0.5) is 14.5 Å². The zero-order chi connectivity index (χ0) is 19.7. The maximum atomic E-state index is 14.4. The first kappa shape index (κ1) is 18.6. The summed E-state index contributed by atoms with van der Waals surface area (Å²) in [6.45, 7) is 2.62. The lowest BCUT2D eigenvalue weighted by Crippen LogP contribution is -2.36. The molecule has 1 aliphatic heterocycles. The van der Waals surface area contributed by atoms with Gasteiger partial charge in [-0.1, -0.05) is 6.07 Å². The number of fused-ring (bicyclic) bond motifs is 1. The molecule has 2 aromatic carbocycles. The predicted octanol–water partition coefficient (Wildman–Crippen LogP) is 4.90. The fourth-order valence-electron chi connectivity index (χ4n) is 3.36. The Morgan fingerprint density at radius 3 is 2.93 bits per heavy atom. The van der Waals surface area contributed by atoms with Crippen molar-refractivity contribution in [1.82, 2.24) is 4.98 Å². The lowest BCUT2D eigenvalue weighted by molar-refractivity contribution is 0.0983. The molecule has 28 heavy (non-hydrogen) atoms. The third kappa shape index (κ3) is 3.75. The highest BCUT2D eigenvalue weighted by molar-refractivity contribution is 7.09. The number of thiazole rings is 1. The Labute approximate surface area is 165 Å². The van der Waals surface area contributed by atoms with Gasteiger partial charge in [0.2, 0.25) is 0 Å². The number of nitrogens with zero attached hydrogens (tertiary/aromatic N) is 2. The molecule has 3 aromatic rings. The summed E-state index contributed by atoms with van der Waals surface area (Å²) in [5.41, 5.74) is 1.90. The monoisotopic (exact) mass is 400 g/mol. The van der Waals surface area contributed by atoms with Crippen LogP contribution in [0.25, 0.3) is 0 Å². The van der Waals surface area contributed by atoms with Crippen LogP contribution in [-0.4, -0.2) is 17.4 Å². The highest BCUT2D eigenvalue weighted by Crippen LogP contribution is 2.32. The van der Waals surface area contributed by atoms with Crippen LogP contribution in [0.1, 0.15) is 33.0 Å². The van der Waals surface area contributed by atoms with E-state index < -0.39 is 11.6 Å². The van der Waals surface area contributed by atoms with Gasteiger partial charge in [0.15, 0.2) is 0 Å². The molecule has 2 heterocycles. The van der Waals surface area contributed by atoms with E-state index in [-0.39, 0.29) is 11.6 Å². The van der Waals surface area contributed by atoms with Crippen LogP contribution in [0.2, 0.25) is 0 Å². The minimum Gasteiger partial charge on any atom is -0.487 e. The SMILES string of the molecule is Cc1nc(COc2cccc(C(=O)N3CCCc4cc(F)cc(F)c43)c2)cs1. The second kappa shape index (κ2) is 7.67. The van der Waals surface area contributed by atoms with E-state index in [2.05, 4.69) is 4.98 Å². The van der Waals surface area contributed by atoms with Crippen molar-refractivity contribution in [3.63, 3.8) is 0 Å². The molecule has 0 spiro atoms. The van der Waals surface area contributed by atoms with Gasteiger partial charge in [-0.15, -0.1) is 11.3 Å². The van der Waals surface area contributed by atoms with E-state index in [1.807, 2.05) is 12.3 Å². The molecule has 0 atom stereocenters. The van der Waals surface area contributed by atoms with E-state index >= 15 is 0 Å². The van der Waals surface area contributed by atoms with E-state index in [0.717, 1.165) is 16.8 Å². The zero-order valence-electron chi connectivity index (χ0n) is 15.2. The van der Waals surface area contributed by atoms with Gasteiger partial charge in [-0.05, 0) is 49.6 Å². The summed E-state index contributed by atoms with van der Waals surface area (Å²) in [5.74, 6) is -1.14. The molecule has 1 aliphatic rings. The number of aryl methyl sites for hydroxylation is 2. The summed E-state index contributed by atoms with van der Waals surface area (Å²) in [4.78, 5) is 18.8. The highest BCUT2D eigenvalue weighted by Gasteiger charge is 2.27. The second-order valence-electron chi connectivity index (χ2n) is 6.63. The maximum absolute atomic E-state index is 14.4. The van der Waals surface area contributed by atoms with Crippen molar-refractivity contribution < 1.29 is 18.3 Å². The molecule has 4 rings (SSSR count). The van der Waals surface area contributed by atoms with Crippen molar-refractivity contribution in [3.8, 4) is 5.75 Å². The average molecular weight is 400 g/mol. The summed E-state index contributed by atoms with van der Waals surface area (Å²) in [6, 6.07) is 8.90. The highest BCUT2D eigenvalue weighted by atomic mass is 32.1. The summed E-state index contributed by atoms with van der Waals surface area (Å²) in [5, 5.41) is 2.89. The van der Waals surface area contributed by atoms with Gasteiger partial charge < -0.3 is 9.64 Å². The van der Waals surface area contributed by atoms with E-state index in [1.54, 1.807) is 35.6 Å². The fourth-order valence-corrected chi connectivity index (χ4v) is 3.96. The molecule has 0 fully saturated rings. The van der Waals surface area contributed by atoms with Gasteiger partial charge in [-0.25, -0.2) is 13.8 Å². The number of anilines is 1. The molecule has 0 unspecified atom stereocenters. The largest absolute Gasteiger partial charge is 0.487 e. The van der Waals surface area contributed by atoms with Crippen LogP contribution in [0.5, 0.6) is 5.75 Å². The van der Waals surface area contributed by atoms with Gasteiger partial charge in [0.1, 0.15) is 24.0 Å². The van der Waals surface area contributed by atoms with Gasteiger partial charge in [0, 0.05) is 23.6 Å². The van der Waals surface area contributed by atoms with E-state index in [9.17, 15) is 13.6 Å². The smallest absolute Gasteiger partial charge is 0.258 e. The Kier molecular flexibility index (Phi) is 5.09. The normalized spacial score (nSPS) is 13.3. The third-order valence-corrected chi connectivity index (χ3v) is 5.41. The van der Waals surface area contributed by atoms with Crippen LogP contribution in [0.15, 0.2) is 41.8 Å². The molecule has 0 N–H and O–H groups in total. The summed E-state index contributed by atoms with van der Waals surface area (Å²) in [7, 11) is 0. The predicted molar refractivity (Wildman–Crippen MR) is 104 cm³/mol. The minimum absolute atomic E-state index is 0.168. The number of carbonyl (C=O) groups excluding carboxylic acids is 1. The van der Waals surface area contributed by atoms with Crippen molar-refractivity contribution >= 4 is 22.9 Å². The molecule has 1 aromatic heterocycles. The standard InChI is InChI=1S/C21H18F2N2O2S/c1-13-24-17(12-28-13)11-27-18-6-2-4-15(9-18)21(26)25-7-3-5-14-8-16(22)10-19(23)20(14)25/h2,4,6,8-10,12H,3,5,7,11H2,1H3. The summed E-state index contributed by atoms with van der Waals surface area (Å²) < 4.78 is 33.6. The zero-order valence-corrected chi connectivity index (χ0v) is 16.1. The number of hydrogen-bond donors (Lipinski definition) is 0. The molecule has 0 bridgehead atoms. The Hall–Kier alpha value is -2.80. The van der Waals surface area contributed by atoms with Gasteiger partial charge in [-0.3, -0.25) is 4.79 Å². The minimum atomic E-state index is -0.714. The average Bonchev–Trinajstić information content (AvgIpc) is 3.10. The van der Waals surface area contributed by atoms with Crippen LogP contribution in [-0.2, 0) is 13.0 Å². The number of ether oxygens (including phenoxy) is 1. The first-order valence-corrected chi connectivity index (χ1v) is 9.83. The molecule has 1 amide bonds.